The lowest BCUT2D eigenvalue weighted by atomic mass is 10.1. The summed E-state index contributed by atoms with van der Waals surface area (Å²) in [5.41, 5.74) is 1.65. The van der Waals surface area contributed by atoms with E-state index in [0.717, 1.165) is 11.6 Å². The number of carbonyl (C=O) groups is 1. The molecule has 164 valence electrons. The molecule has 9 heteroatoms. The number of anilines is 1. The van der Waals surface area contributed by atoms with Gasteiger partial charge >= 0.3 is 5.97 Å². The molecule has 0 spiro atoms. The van der Waals surface area contributed by atoms with E-state index in [2.05, 4.69) is 5.32 Å². The van der Waals surface area contributed by atoms with Crippen molar-refractivity contribution in [1.82, 2.24) is 0 Å². The second-order valence-electron chi connectivity index (χ2n) is 7.04. The van der Waals surface area contributed by atoms with E-state index in [1.54, 1.807) is 7.05 Å². The normalized spacial score (nSPS) is 14.8. The quantitative estimate of drug-likeness (QED) is 0.337. The van der Waals surface area contributed by atoms with Gasteiger partial charge in [0.15, 0.2) is 0 Å². The van der Waals surface area contributed by atoms with Gasteiger partial charge in [-0.15, -0.1) is 0 Å². The molecule has 0 aromatic heterocycles. The first kappa shape index (κ1) is 21.3. The van der Waals surface area contributed by atoms with Crippen LogP contribution in [0.2, 0.25) is 0 Å². The SMILES string of the molecule is CNc1ccc(C(=O)OCc2cc(F)cc3c2OC(c2ccccc2)OC3)cc1[N+](=O)[O-]. The molecule has 4 rings (SSSR count). The van der Waals surface area contributed by atoms with Crippen LogP contribution in [-0.2, 0) is 22.7 Å². The molecule has 32 heavy (non-hydrogen) atoms. The first-order valence-electron chi connectivity index (χ1n) is 9.74. The molecule has 0 bridgehead atoms. The van der Waals surface area contributed by atoms with Gasteiger partial charge in [-0.1, -0.05) is 30.3 Å². The van der Waals surface area contributed by atoms with E-state index < -0.39 is 23.0 Å². The molecule has 1 unspecified atom stereocenters. The van der Waals surface area contributed by atoms with Crippen LogP contribution < -0.4 is 10.1 Å². The number of halogens is 1. The number of nitrogens with one attached hydrogen (secondary N) is 1. The number of nitro benzene ring substituents is 1. The number of benzene rings is 3. The third-order valence-electron chi connectivity index (χ3n) is 4.95. The molecule has 0 aliphatic carbocycles. The molecule has 1 aliphatic heterocycles. The Kier molecular flexibility index (Phi) is 6.00. The highest BCUT2D eigenvalue weighted by Crippen LogP contribution is 2.37. The number of carbonyl (C=O) groups excluding carboxylic acids is 1. The van der Waals surface area contributed by atoms with Crippen LogP contribution in [0.25, 0.3) is 0 Å². The summed E-state index contributed by atoms with van der Waals surface area (Å²) in [6, 6.07) is 15.8. The van der Waals surface area contributed by atoms with Crippen molar-refractivity contribution >= 4 is 17.3 Å². The Bertz CT molecular complexity index is 1170. The Morgan fingerprint density at radius 2 is 2.00 bits per heavy atom. The molecule has 8 nitrogen and oxygen atoms in total. The molecule has 0 amide bonds. The zero-order valence-corrected chi connectivity index (χ0v) is 17.0. The number of fused-ring (bicyclic) bond motifs is 1. The number of hydrogen-bond acceptors (Lipinski definition) is 7. The topological polar surface area (TPSA) is 99.9 Å². The highest BCUT2D eigenvalue weighted by molar-refractivity contribution is 5.91. The second-order valence-corrected chi connectivity index (χ2v) is 7.04. The molecule has 3 aromatic carbocycles. The van der Waals surface area contributed by atoms with Gasteiger partial charge in [0.1, 0.15) is 23.9 Å². The van der Waals surface area contributed by atoms with Gasteiger partial charge in [0.05, 0.1) is 17.1 Å². The van der Waals surface area contributed by atoms with Gasteiger partial charge in [0, 0.05) is 29.8 Å². The molecular weight excluding hydrogens is 419 g/mol. The summed E-state index contributed by atoms with van der Waals surface area (Å²) in [6.07, 6.45) is -0.680. The van der Waals surface area contributed by atoms with Gasteiger partial charge < -0.3 is 19.5 Å². The number of hydrogen-bond donors (Lipinski definition) is 1. The van der Waals surface area contributed by atoms with E-state index in [-0.39, 0.29) is 30.2 Å². The fourth-order valence-corrected chi connectivity index (χ4v) is 3.41. The zero-order chi connectivity index (χ0) is 22.7. The van der Waals surface area contributed by atoms with Crippen LogP contribution in [0.15, 0.2) is 60.7 Å². The molecule has 1 heterocycles. The molecule has 3 aromatic rings. The van der Waals surface area contributed by atoms with Gasteiger partial charge in [-0.3, -0.25) is 10.1 Å². The molecule has 0 saturated heterocycles. The number of esters is 1. The van der Waals surface area contributed by atoms with Crippen molar-refractivity contribution in [3.63, 3.8) is 0 Å². The van der Waals surface area contributed by atoms with Crippen molar-refractivity contribution in [3.8, 4) is 5.75 Å². The summed E-state index contributed by atoms with van der Waals surface area (Å²) in [6.45, 7) is -0.146. The molecule has 0 radical (unpaired) electrons. The number of ether oxygens (including phenoxy) is 3. The maximum absolute atomic E-state index is 14.1. The molecule has 0 fully saturated rings. The van der Waals surface area contributed by atoms with Gasteiger partial charge in [0.2, 0.25) is 6.29 Å². The van der Waals surface area contributed by atoms with Crippen molar-refractivity contribution < 1.29 is 28.3 Å². The summed E-state index contributed by atoms with van der Waals surface area (Å²) in [5.74, 6) is -0.912. The van der Waals surface area contributed by atoms with Crippen LogP contribution >= 0.6 is 0 Å². The monoisotopic (exact) mass is 438 g/mol. The summed E-state index contributed by atoms with van der Waals surface area (Å²) < 4.78 is 31.1. The van der Waals surface area contributed by atoms with Gasteiger partial charge in [-0.2, -0.15) is 0 Å². The fourth-order valence-electron chi connectivity index (χ4n) is 3.41. The number of nitro groups is 1. The van der Waals surface area contributed by atoms with Crippen molar-refractivity contribution in [2.75, 3.05) is 12.4 Å². The fraction of sp³-hybridized carbons (Fsp3) is 0.174. The average molecular weight is 438 g/mol. The second kappa shape index (κ2) is 9.03. The van der Waals surface area contributed by atoms with E-state index in [4.69, 9.17) is 14.2 Å². The lowest BCUT2D eigenvalue weighted by Gasteiger charge is -2.28. The summed E-state index contributed by atoms with van der Waals surface area (Å²) >= 11 is 0. The first-order chi connectivity index (χ1) is 15.5. The summed E-state index contributed by atoms with van der Waals surface area (Å²) in [4.78, 5) is 23.1. The van der Waals surface area contributed by atoms with E-state index in [0.29, 0.717) is 16.9 Å². The number of nitrogens with zero attached hydrogens (tertiary/aromatic N) is 1. The van der Waals surface area contributed by atoms with Gasteiger partial charge in [-0.25, -0.2) is 9.18 Å². The van der Waals surface area contributed by atoms with Gasteiger partial charge in [-0.05, 0) is 24.3 Å². The smallest absolute Gasteiger partial charge is 0.338 e. The molecule has 1 atom stereocenters. The maximum atomic E-state index is 14.1. The van der Waals surface area contributed by atoms with E-state index in [9.17, 15) is 19.3 Å². The number of rotatable bonds is 6. The van der Waals surface area contributed by atoms with Crippen LogP contribution in [0.5, 0.6) is 5.75 Å². The van der Waals surface area contributed by atoms with Gasteiger partial charge in [0.25, 0.3) is 5.69 Å². The van der Waals surface area contributed by atoms with Crippen molar-refractivity contribution in [2.45, 2.75) is 19.5 Å². The summed E-state index contributed by atoms with van der Waals surface area (Å²) in [7, 11) is 1.54. The standard InChI is InChI=1S/C23H19FN2O6/c1-25-19-8-7-15(11-20(19)26(28)29)22(27)30-12-16-9-18(24)10-17-13-31-23(32-21(16)17)14-5-3-2-4-6-14/h2-11,23,25H,12-13H2,1H3. The van der Waals surface area contributed by atoms with Crippen molar-refractivity contribution in [3.05, 3.63) is 98.8 Å². The van der Waals surface area contributed by atoms with Crippen LogP contribution in [0.1, 0.15) is 33.3 Å². The average Bonchev–Trinajstić information content (AvgIpc) is 2.82. The zero-order valence-electron chi connectivity index (χ0n) is 17.0. The summed E-state index contributed by atoms with van der Waals surface area (Å²) in [5, 5.41) is 13.9. The van der Waals surface area contributed by atoms with Crippen LogP contribution in [0.4, 0.5) is 15.8 Å². The minimum Gasteiger partial charge on any atom is -0.460 e. The minimum absolute atomic E-state index is 0.00684. The highest BCUT2D eigenvalue weighted by Gasteiger charge is 2.26. The highest BCUT2D eigenvalue weighted by atomic mass is 19.1. The van der Waals surface area contributed by atoms with E-state index in [1.165, 1.54) is 24.3 Å². The van der Waals surface area contributed by atoms with E-state index >= 15 is 0 Å². The third-order valence-corrected chi connectivity index (χ3v) is 4.95. The van der Waals surface area contributed by atoms with Crippen molar-refractivity contribution in [1.29, 1.82) is 0 Å². The maximum Gasteiger partial charge on any atom is 0.338 e. The Labute approximate surface area is 182 Å². The van der Waals surface area contributed by atoms with E-state index in [1.807, 2.05) is 30.3 Å². The van der Waals surface area contributed by atoms with Crippen LogP contribution in [0.3, 0.4) is 0 Å². The van der Waals surface area contributed by atoms with Crippen LogP contribution in [0, 0.1) is 15.9 Å². The largest absolute Gasteiger partial charge is 0.460 e. The first-order valence-corrected chi connectivity index (χ1v) is 9.74. The molecular formula is C23H19FN2O6. The molecule has 1 N–H and O–H groups in total. The predicted octanol–water partition coefficient (Wildman–Crippen LogP) is 4.74. The lowest BCUT2D eigenvalue weighted by Crippen LogP contribution is -2.20. The minimum atomic E-state index is -0.777. The Morgan fingerprint density at radius 1 is 1.22 bits per heavy atom. The Balaban J connectivity index is 1.54. The predicted molar refractivity (Wildman–Crippen MR) is 113 cm³/mol. The third kappa shape index (κ3) is 4.37. The lowest BCUT2D eigenvalue weighted by molar-refractivity contribution is -0.384. The molecule has 1 aliphatic rings. The van der Waals surface area contributed by atoms with Crippen LogP contribution in [-0.4, -0.2) is 17.9 Å². The Morgan fingerprint density at radius 3 is 2.72 bits per heavy atom. The van der Waals surface area contributed by atoms with Crippen molar-refractivity contribution in [2.24, 2.45) is 0 Å². The molecule has 0 saturated carbocycles. The Hall–Kier alpha value is -3.98.